The number of rotatable bonds is 3. The Kier molecular flexibility index (Phi) is 3.93. The molecule has 0 aliphatic carbocycles. The predicted octanol–water partition coefficient (Wildman–Crippen LogP) is 3.59. The molecule has 0 N–H and O–H groups in total. The first-order valence-corrected chi connectivity index (χ1v) is 6.87. The number of aryl methyl sites for hydroxylation is 1. The molecule has 78 valence electrons. The molecule has 1 heterocycles. The quantitative estimate of drug-likeness (QED) is 0.624. The zero-order valence-corrected chi connectivity index (χ0v) is 11.5. The van der Waals surface area contributed by atoms with E-state index < -0.39 is 0 Å². The van der Waals surface area contributed by atoms with E-state index in [2.05, 4.69) is 44.9 Å². The van der Waals surface area contributed by atoms with E-state index in [1.807, 2.05) is 12.1 Å². The molecule has 0 aliphatic heterocycles. The summed E-state index contributed by atoms with van der Waals surface area (Å²) in [5, 5.41) is 10.2. The van der Waals surface area contributed by atoms with Crippen molar-refractivity contribution in [3.8, 4) is 10.6 Å². The lowest BCUT2D eigenvalue weighted by atomic mass is 10.2. The Labute approximate surface area is 111 Å². The van der Waals surface area contributed by atoms with Gasteiger partial charge in [0.15, 0.2) is 0 Å². The first-order valence-electron chi connectivity index (χ1n) is 4.44. The minimum absolute atomic E-state index is 0.598. The highest BCUT2D eigenvalue weighted by atomic mass is 127. The van der Waals surface area contributed by atoms with Gasteiger partial charge < -0.3 is 0 Å². The number of alkyl halides is 1. The van der Waals surface area contributed by atoms with Crippen LogP contribution in [0.2, 0.25) is 0 Å². The molecule has 0 aliphatic rings. The predicted molar refractivity (Wildman–Crippen MR) is 72.5 cm³/mol. The Morgan fingerprint density at radius 3 is 2.93 bits per heavy atom. The molecular formula is C10H8ClIN2S. The van der Waals surface area contributed by atoms with Gasteiger partial charge in [-0.1, -0.05) is 23.5 Å². The minimum Gasteiger partial charge on any atom is -0.143 e. The number of nitrogens with zero attached hydrogens (tertiary/aromatic N) is 2. The summed E-state index contributed by atoms with van der Waals surface area (Å²) in [5.74, 6) is 0.598. The van der Waals surface area contributed by atoms with Crippen molar-refractivity contribution in [1.29, 1.82) is 0 Å². The molecule has 15 heavy (non-hydrogen) atoms. The second-order valence-electron chi connectivity index (χ2n) is 2.95. The summed E-state index contributed by atoms with van der Waals surface area (Å²) in [6.07, 6.45) is 0.795. The Morgan fingerprint density at radius 1 is 1.33 bits per heavy atom. The van der Waals surface area contributed by atoms with Crippen LogP contribution in [0.3, 0.4) is 0 Å². The lowest BCUT2D eigenvalue weighted by Gasteiger charge is -1.94. The van der Waals surface area contributed by atoms with Crippen molar-refractivity contribution >= 4 is 45.5 Å². The van der Waals surface area contributed by atoms with Gasteiger partial charge in [0, 0.05) is 21.4 Å². The van der Waals surface area contributed by atoms with Gasteiger partial charge in [-0.25, -0.2) is 0 Å². The van der Waals surface area contributed by atoms with Crippen molar-refractivity contribution in [3.05, 3.63) is 32.8 Å². The standard InChI is InChI=1S/C10H8ClIN2S/c11-5-4-9-13-14-10(15-9)7-2-1-3-8(12)6-7/h1-3,6H,4-5H2. The number of hydrogen-bond acceptors (Lipinski definition) is 3. The number of halogens is 2. The molecular weight excluding hydrogens is 343 g/mol. The summed E-state index contributed by atoms with van der Waals surface area (Å²) < 4.78 is 1.21. The van der Waals surface area contributed by atoms with Gasteiger partial charge in [-0.15, -0.1) is 21.8 Å². The Hall–Kier alpha value is -0.200. The average molecular weight is 351 g/mol. The second kappa shape index (κ2) is 5.23. The topological polar surface area (TPSA) is 25.8 Å². The van der Waals surface area contributed by atoms with Crippen molar-refractivity contribution in [2.24, 2.45) is 0 Å². The first kappa shape index (κ1) is 11.3. The van der Waals surface area contributed by atoms with Crippen LogP contribution < -0.4 is 0 Å². The zero-order chi connectivity index (χ0) is 10.7. The van der Waals surface area contributed by atoms with E-state index >= 15 is 0 Å². The molecule has 0 bridgehead atoms. The summed E-state index contributed by atoms with van der Waals surface area (Å²) in [5.41, 5.74) is 1.13. The van der Waals surface area contributed by atoms with E-state index in [1.54, 1.807) is 11.3 Å². The fourth-order valence-electron chi connectivity index (χ4n) is 1.17. The average Bonchev–Trinajstić information content (AvgIpc) is 2.67. The summed E-state index contributed by atoms with van der Waals surface area (Å²) in [4.78, 5) is 0. The molecule has 1 aromatic carbocycles. The molecule has 2 aromatic rings. The van der Waals surface area contributed by atoms with Gasteiger partial charge in [-0.2, -0.15) is 0 Å². The van der Waals surface area contributed by atoms with Crippen LogP contribution in [0.25, 0.3) is 10.6 Å². The smallest absolute Gasteiger partial charge is 0.143 e. The van der Waals surface area contributed by atoms with Crippen molar-refractivity contribution in [3.63, 3.8) is 0 Å². The van der Waals surface area contributed by atoms with Gasteiger partial charge in [0.1, 0.15) is 10.0 Å². The maximum Gasteiger partial charge on any atom is 0.147 e. The summed E-state index contributed by atoms with van der Waals surface area (Å²) >= 11 is 9.55. The van der Waals surface area contributed by atoms with Gasteiger partial charge in [0.05, 0.1) is 0 Å². The molecule has 0 unspecified atom stereocenters. The van der Waals surface area contributed by atoms with Gasteiger partial charge in [-0.3, -0.25) is 0 Å². The van der Waals surface area contributed by atoms with Crippen molar-refractivity contribution in [2.45, 2.75) is 6.42 Å². The van der Waals surface area contributed by atoms with Crippen LogP contribution in [0.5, 0.6) is 0 Å². The lowest BCUT2D eigenvalue weighted by molar-refractivity contribution is 0.990. The van der Waals surface area contributed by atoms with E-state index in [4.69, 9.17) is 11.6 Å². The summed E-state index contributed by atoms with van der Waals surface area (Å²) in [6.45, 7) is 0. The molecule has 2 nitrogen and oxygen atoms in total. The third-order valence-electron chi connectivity index (χ3n) is 1.85. The van der Waals surface area contributed by atoms with Gasteiger partial charge >= 0.3 is 0 Å². The van der Waals surface area contributed by atoms with E-state index in [1.165, 1.54) is 3.57 Å². The molecule has 0 saturated heterocycles. The van der Waals surface area contributed by atoms with Crippen LogP contribution in [0, 0.1) is 3.57 Å². The number of hydrogen-bond donors (Lipinski definition) is 0. The van der Waals surface area contributed by atoms with Crippen LogP contribution in [-0.2, 0) is 6.42 Å². The van der Waals surface area contributed by atoms with E-state index in [0.717, 1.165) is 22.0 Å². The molecule has 0 fully saturated rings. The first-order chi connectivity index (χ1) is 7.29. The van der Waals surface area contributed by atoms with Crippen LogP contribution >= 0.6 is 45.5 Å². The molecule has 0 atom stereocenters. The molecule has 0 radical (unpaired) electrons. The largest absolute Gasteiger partial charge is 0.147 e. The van der Waals surface area contributed by atoms with Crippen LogP contribution in [0.1, 0.15) is 5.01 Å². The summed E-state index contributed by atoms with van der Waals surface area (Å²) in [6, 6.07) is 8.24. The molecule has 1 aromatic heterocycles. The van der Waals surface area contributed by atoms with Gasteiger partial charge in [0.25, 0.3) is 0 Å². The second-order valence-corrected chi connectivity index (χ2v) is 5.64. The van der Waals surface area contributed by atoms with Crippen LogP contribution in [0.15, 0.2) is 24.3 Å². The van der Waals surface area contributed by atoms with Crippen molar-refractivity contribution in [1.82, 2.24) is 10.2 Å². The maximum absolute atomic E-state index is 5.65. The fourth-order valence-corrected chi connectivity index (χ4v) is 2.84. The summed E-state index contributed by atoms with van der Waals surface area (Å²) in [7, 11) is 0. The molecule has 5 heteroatoms. The highest BCUT2D eigenvalue weighted by molar-refractivity contribution is 14.1. The lowest BCUT2D eigenvalue weighted by Crippen LogP contribution is -1.83. The molecule has 0 spiro atoms. The minimum atomic E-state index is 0.598. The SMILES string of the molecule is ClCCc1nnc(-c2cccc(I)c2)s1. The monoisotopic (exact) mass is 350 g/mol. The van der Waals surface area contributed by atoms with Crippen LogP contribution in [-0.4, -0.2) is 16.1 Å². The van der Waals surface area contributed by atoms with Crippen molar-refractivity contribution in [2.75, 3.05) is 5.88 Å². The van der Waals surface area contributed by atoms with Crippen LogP contribution in [0.4, 0.5) is 0 Å². The number of aromatic nitrogens is 2. The third-order valence-corrected chi connectivity index (χ3v) is 3.74. The van der Waals surface area contributed by atoms with Gasteiger partial charge in [0.2, 0.25) is 0 Å². The Morgan fingerprint density at radius 2 is 2.20 bits per heavy atom. The Bertz CT molecular complexity index is 458. The molecule has 0 saturated carbocycles. The number of benzene rings is 1. The van der Waals surface area contributed by atoms with E-state index in [9.17, 15) is 0 Å². The fraction of sp³-hybridized carbons (Fsp3) is 0.200. The normalized spacial score (nSPS) is 10.5. The van der Waals surface area contributed by atoms with Crippen molar-refractivity contribution < 1.29 is 0 Å². The highest BCUT2D eigenvalue weighted by Gasteiger charge is 2.06. The molecule has 2 rings (SSSR count). The third kappa shape index (κ3) is 2.89. The Balaban J connectivity index is 2.29. The van der Waals surface area contributed by atoms with Gasteiger partial charge in [-0.05, 0) is 34.7 Å². The zero-order valence-electron chi connectivity index (χ0n) is 7.78. The van der Waals surface area contributed by atoms with E-state index in [0.29, 0.717) is 5.88 Å². The maximum atomic E-state index is 5.65. The van der Waals surface area contributed by atoms with E-state index in [-0.39, 0.29) is 0 Å². The molecule has 0 amide bonds. The highest BCUT2D eigenvalue weighted by Crippen LogP contribution is 2.24.